The van der Waals surface area contributed by atoms with E-state index in [1.165, 1.54) is 0 Å². The highest BCUT2D eigenvalue weighted by atomic mass is 35.5. The van der Waals surface area contributed by atoms with Gasteiger partial charge in [0.05, 0.1) is 11.4 Å². The van der Waals surface area contributed by atoms with Gasteiger partial charge in [-0.1, -0.05) is 11.6 Å². The number of carbonyl (C=O) groups is 2. The smallest absolute Gasteiger partial charge is 0.253 e. The van der Waals surface area contributed by atoms with Crippen LogP contribution in [0.3, 0.4) is 0 Å². The second-order valence-electron chi connectivity index (χ2n) is 8.69. The molecule has 0 aliphatic carbocycles. The lowest BCUT2D eigenvalue weighted by Gasteiger charge is -2.37. The van der Waals surface area contributed by atoms with E-state index in [4.69, 9.17) is 11.6 Å². The summed E-state index contributed by atoms with van der Waals surface area (Å²) < 4.78 is 0. The van der Waals surface area contributed by atoms with Crippen molar-refractivity contribution in [1.82, 2.24) is 24.8 Å². The molecular weight excluding hydrogens is 426 g/mol. The molecule has 2 amide bonds. The summed E-state index contributed by atoms with van der Waals surface area (Å²) in [6, 6.07) is 10.8. The SMILES string of the molecule is O=C(c1ccc(Cl)cc1)N1CCCC(C(=O)N2CCC(c3nc4ncccc4[nH]3)CC2)C1. The topological polar surface area (TPSA) is 82.2 Å². The van der Waals surface area contributed by atoms with Gasteiger partial charge in [-0.05, 0) is 62.1 Å². The molecule has 5 rings (SSSR count). The molecule has 32 heavy (non-hydrogen) atoms. The number of hydrogen-bond donors (Lipinski definition) is 1. The summed E-state index contributed by atoms with van der Waals surface area (Å²) in [7, 11) is 0. The number of nitrogens with zero attached hydrogens (tertiary/aromatic N) is 4. The molecule has 1 unspecified atom stereocenters. The molecule has 2 fully saturated rings. The molecule has 1 N–H and O–H groups in total. The molecule has 0 spiro atoms. The van der Waals surface area contributed by atoms with Crippen LogP contribution in [0.25, 0.3) is 11.2 Å². The summed E-state index contributed by atoms with van der Waals surface area (Å²) in [6.07, 6.45) is 5.19. The fourth-order valence-electron chi connectivity index (χ4n) is 4.83. The summed E-state index contributed by atoms with van der Waals surface area (Å²) >= 11 is 5.94. The lowest BCUT2D eigenvalue weighted by molar-refractivity contribution is -0.138. The highest BCUT2D eigenvalue weighted by Crippen LogP contribution is 2.29. The van der Waals surface area contributed by atoms with E-state index in [0.717, 1.165) is 55.8 Å². The molecule has 2 aliphatic heterocycles. The molecule has 3 aromatic rings. The van der Waals surface area contributed by atoms with Gasteiger partial charge in [0.15, 0.2) is 5.65 Å². The third kappa shape index (κ3) is 4.21. The maximum Gasteiger partial charge on any atom is 0.253 e. The van der Waals surface area contributed by atoms with Crippen molar-refractivity contribution in [2.24, 2.45) is 5.92 Å². The summed E-state index contributed by atoms with van der Waals surface area (Å²) in [4.78, 5) is 42.2. The Labute approximate surface area is 191 Å². The number of amides is 2. The number of rotatable bonds is 3. The van der Waals surface area contributed by atoms with Crippen molar-refractivity contribution < 1.29 is 9.59 Å². The van der Waals surface area contributed by atoms with E-state index in [-0.39, 0.29) is 17.7 Å². The third-order valence-corrected chi connectivity index (χ3v) is 6.87. The van der Waals surface area contributed by atoms with Crippen molar-refractivity contribution in [2.75, 3.05) is 26.2 Å². The van der Waals surface area contributed by atoms with Crippen molar-refractivity contribution in [3.63, 3.8) is 0 Å². The number of benzene rings is 1. The fraction of sp³-hybridized carbons (Fsp3) is 0.417. The molecular formula is C24H26ClN5O2. The number of H-pyrrole nitrogens is 1. The molecule has 166 valence electrons. The van der Waals surface area contributed by atoms with Gasteiger partial charge in [0.1, 0.15) is 5.82 Å². The Morgan fingerprint density at radius 3 is 2.53 bits per heavy atom. The van der Waals surface area contributed by atoms with Crippen LogP contribution in [-0.2, 0) is 4.79 Å². The fourth-order valence-corrected chi connectivity index (χ4v) is 4.95. The minimum absolute atomic E-state index is 0.0311. The zero-order chi connectivity index (χ0) is 22.1. The molecule has 7 nitrogen and oxygen atoms in total. The van der Waals surface area contributed by atoms with Crippen molar-refractivity contribution >= 4 is 34.6 Å². The lowest BCUT2D eigenvalue weighted by Crippen LogP contribution is -2.48. The molecule has 0 saturated carbocycles. The van der Waals surface area contributed by atoms with Crippen molar-refractivity contribution in [3.8, 4) is 0 Å². The first kappa shape index (κ1) is 20.9. The highest BCUT2D eigenvalue weighted by molar-refractivity contribution is 6.30. The molecule has 2 saturated heterocycles. The number of fused-ring (bicyclic) bond motifs is 1. The Bertz CT molecular complexity index is 1090. The second kappa shape index (κ2) is 8.90. The van der Waals surface area contributed by atoms with Crippen LogP contribution in [0.1, 0.15) is 47.8 Å². The summed E-state index contributed by atoms with van der Waals surface area (Å²) in [5.74, 6) is 1.28. The number of nitrogens with one attached hydrogen (secondary N) is 1. The average molecular weight is 452 g/mol. The molecule has 2 aliphatic rings. The molecule has 0 bridgehead atoms. The van der Waals surface area contributed by atoms with Gasteiger partial charge < -0.3 is 14.8 Å². The van der Waals surface area contributed by atoms with Crippen molar-refractivity contribution in [3.05, 3.63) is 59.0 Å². The van der Waals surface area contributed by atoms with E-state index in [2.05, 4.69) is 15.0 Å². The van der Waals surface area contributed by atoms with Gasteiger partial charge in [-0.2, -0.15) is 0 Å². The largest absolute Gasteiger partial charge is 0.342 e. The zero-order valence-electron chi connectivity index (χ0n) is 17.8. The Hall–Kier alpha value is -2.93. The van der Waals surface area contributed by atoms with Crippen LogP contribution in [0.4, 0.5) is 0 Å². The Morgan fingerprint density at radius 1 is 1.00 bits per heavy atom. The number of aromatic nitrogens is 3. The van der Waals surface area contributed by atoms with E-state index < -0.39 is 0 Å². The quantitative estimate of drug-likeness (QED) is 0.655. The van der Waals surface area contributed by atoms with Crippen LogP contribution in [0.15, 0.2) is 42.6 Å². The molecule has 8 heteroatoms. The Kier molecular flexibility index (Phi) is 5.83. The zero-order valence-corrected chi connectivity index (χ0v) is 18.6. The van der Waals surface area contributed by atoms with E-state index >= 15 is 0 Å². The number of carbonyl (C=O) groups excluding carboxylic acids is 2. The van der Waals surface area contributed by atoms with Crippen molar-refractivity contribution in [2.45, 2.75) is 31.6 Å². The van der Waals surface area contributed by atoms with Crippen LogP contribution >= 0.6 is 11.6 Å². The average Bonchev–Trinajstić information content (AvgIpc) is 3.28. The Balaban J connectivity index is 1.19. The van der Waals surface area contributed by atoms with Crippen LogP contribution in [0.2, 0.25) is 5.02 Å². The van der Waals surface area contributed by atoms with Crippen LogP contribution < -0.4 is 0 Å². The van der Waals surface area contributed by atoms with Gasteiger partial charge in [-0.3, -0.25) is 9.59 Å². The predicted octanol–water partition coefficient (Wildman–Crippen LogP) is 3.87. The highest BCUT2D eigenvalue weighted by Gasteiger charge is 2.34. The molecule has 4 heterocycles. The minimum atomic E-state index is -0.132. The van der Waals surface area contributed by atoms with Crippen LogP contribution in [-0.4, -0.2) is 62.7 Å². The number of likely N-dealkylation sites (tertiary alicyclic amines) is 2. The Morgan fingerprint density at radius 2 is 1.78 bits per heavy atom. The first-order valence-corrected chi connectivity index (χ1v) is 11.6. The van der Waals surface area contributed by atoms with Gasteiger partial charge in [-0.25, -0.2) is 9.97 Å². The van der Waals surface area contributed by atoms with Crippen LogP contribution in [0.5, 0.6) is 0 Å². The first-order chi connectivity index (χ1) is 15.6. The number of imidazole rings is 1. The van der Waals surface area contributed by atoms with Crippen molar-refractivity contribution in [1.29, 1.82) is 0 Å². The summed E-state index contributed by atoms with van der Waals surface area (Å²) in [6.45, 7) is 2.61. The van der Waals surface area contributed by atoms with Gasteiger partial charge in [-0.15, -0.1) is 0 Å². The van der Waals surface area contributed by atoms with E-state index in [1.807, 2.05) is 21.9 Å². The maximum absolute atomic E-state index is 13.2. The van der Waals surface area contributed by atoms with Gasteiger partial charge in [0.25, 0.3) is 5.91 Å². The third-order valence-electron chi connectivity index (χ3n) is 6.62. The van der Waals surface area contributed by atoms with Gasteiger partial charge in [0.2, 0.25) is 5.91 Å². The molecule has 0 radical (unpaired) electrons. The standard InChI is InChI=1S/C24H26ClN5O2/c25-19-7-5-17(6-8-19)23(31)30-12-2-3-18(15-30)24(32)29-13-9-16(10-14-29)21-27-20-4-1-11-26-22(20)28-21/h1,4-8,11,16,18H,2-3,9-10,12-15H2,(H,26,27,28). The minimum Gasteiger partial charge on any atom is -0.342 e. The maximum atomic E-state index is 13.2. The number of hydrogen-bond acceptors (Lipinski definition) is 4. The van der Waals surface area contributed by atoms with Crippen LogP contribution in [0, 0.1) is 5.92 Å². The summed E-state index contributed by atoms with van der Waals surface area (Å²) in [5, 5.41) is 0.607. The van der Waals surface area contributed by atoms with E-state index in [9.17, 15) is 9.59 Å². The van der Waals surface area contributed by atoms with E-state index in [0.29, 0.717) is 29.6 Å². The van der Waals surface area contributed by atoms with Gasteiger partial charge >= 0.3 is 0 Å². The molecule has 1 atom stereocenters. The first-order valence-electron chi connectivity index (χ1n) is 11.2. The monoisotopic (exact) mass is 451 g/mol. The molecule has 2 aromatic heterocycles. The molecule has 1 aromatic carbocycles. The second-order valence-corrected chi connectivity index (χ2v) is 9.13. The number of aromatic amines is 1. The van der Waals surface area contributed by atoms with Gasteiger partial charge in [0, 0.05) is 48.9 Å². The lowest BCUT2D eigenvalue weighted by atomic mass is 9.92. The summed E-state index contributed by atoms with van der Waals surface area (Å²) in [5.41, 5.74) is 2.31. The normalized spacial score (nSPS) is 20.0. The number of halogens is 1. The predicted molar refractivity (Wildman–Crippen MR) is 123 cm³/mol. The van der Waals surface area contributed by atoms with E-state index in [1.54, 1.807) is 30.5 Å². The number of pyridine rings is 1. The number of piperidine rings is 2.